The lowest BCUT2D eigenvalue weighted by atomic mass is 10.1. The molecular formula is C13H17N3O3. The molecule has 0 fully saturated rings. The third-order valence-corrected chi connectivity index (χ3v) is 2.70. The van der Waals surface area contributed by atoms with Gasteiger partial charge >= 0.3 is 5.97 Å². The predicted molar refractivity (Wildman–Crippen MR) is 67.9 cm³/mol. The number of carbonyl (C=O) groups is 1. The van der Waals surface area contributed by atoms with E-state index in [1.54, 1.807) is 24.1 Å². The van der Waals surface area contributed by atoms with Crippen molar-refractivity contribution in [2.45, 2.75) is 33.2 Å². The standard InChI is InChI=1S/C13H17N3O3/c1-4-19-13(17)11-12(9(2)3)16(15-14-11)7-10-5-6-18-8-10/h5-6,8-9H,4,7H2,1-3H3. The molecule has 6 nitrogen and oxygen atoms in total. The summed E-state index contributed by atoms with van der Waals surface area (Å²) in [4.78, 5) is 11.8. The van der Waals surface area contributed by atoms with Crippen LogP contribution in [0, 0.1) is 0 Å². The van der Waals surface area contributed by atoms with Gasteiger partial charge in [0, 0.05) is 5.56 Å². The van der Waals surface area contributed by atoms with E-state index in [-0.39, 0.29) is 5.92 Å². The zero-order valence-electron chi connectivity index (χ0n) is 11.3. The molecule has 0 radical (unpaired) electrons. The number of hydrogen-bond acceptors (Lipinski definition) is 5. The first-order chi connectivity index (χ1) is 9.13. The summed E-state index contributed by atoms with van der Waals surface area (Å²) in [6.45, 7) is 6.60. The molecule has 2 heterocycles. The van der Waals surface area contributed by atoms with Gasteiger partial charge in [-0.15, -0.1) is 5.10 Å². The lowest BCUT2D eigenvalue weighted by molar-refractivity contribution is 0.0517. The molecule has 0 aliphatic heterocycles. The zero-order valence-corrected chi connectivity index (χ0v) is 11.3. The molecular weight excluding hydrogens is 246 g/mol. The van der Waals surface area contributed by atoms with Crippen LogP contribution in [0.4, 0.5) is 0 Å². The maximum Gasteiger partial charge on any atom is 0.360 e. The van der Waals surface area contributed by atoms with Crippen molar-refractivity contribution >= 4 is 5.97 Å². The Morgan fingerprint density at radius 1 is 1.53 bits per heavy atom. The first-order valence-electron chi connectivity index (χ1n) is 6.25. The van der Waals surface area contributed by atoms with Gasteiger partial charge < -0.3 is 9.15 Å². The van der Waals surface area contributed by atoms with Gasteiger partial charge in [0.05, 0.1) is 31.4 Å². The molecule has 0 saturated heterocycles. The van der Waals surface area contributed by atoms with E-state index in [0.717, 1.165) is 11.3 Å². The monoisotopic (exact) mass is 263 g/mol. The summed E-state index contributed by atoms with van der Waals surface area (Å²) < 4.78 is 11.7. The summed E-state index contributed by atoms with van der Waals surface area (Å²) in [6.07, 6.45) is 3.25. The van der Waals surface area contributed by atoms with Crippen LogP contribution in [0.15, 0.2) is 23.0 Å². The molecule has 19 heavy (non-hydrogen) atoms. The van der Waals surface area contributed by atoms with E-state index in [0.29, 0.717) is 18.8 Å². The van der Waals surface area contributed by atoms with Gasteiger partial charge in [0.1, 0.15) is 0 Å². The van der Waals surface area contributed by atoms with Gasteiger partial charge in [0.15, 0.2) is 5.69 Å². The molecule has 0 atom stereocenters. The largest absolute Gasteiger partial charge is 0.472 e. The Hall–Kier alpha value is -2.11. The fourth-order valence-corrected chi connectivity index (χ4v) is 1.91. The van der Waals surface area contributed by atoms with Crippen molar-refractivity contribution < 1.29 is 13.9 Å². The molecule has 2 aromatic rings. The van der Waals surface area contributed by atoms with E-state index in [4.69, 9.17) is 9.15 Å². The van der Waals surface area contributed by atoms with E-state index < -0.39 is 5.97 Å². The third kappa shape index (κ3) is 2.83. The molecule has 0 N–H and O–H groups in total. The molecule has 0 amide bonds. The molecule has 0 bridgehead atoms. The van der Waals surface area contributed by atoms with Crippen LogP contribution in [-0.4, -0.2) is 27.6 Å². The highest BCUT2D eigenvalue weighted by Gasteiger charge is 2.23. The second-order valence-electron chi connectivity index (χ2n) is 4.49. The highest BCUT2D eigenvalue weighted by atomic mass is 16.5. The number of carbonyl (C=O) groups excluding carboxylic acids is 1. The summed E-state index contributed by atoms with van der Waals surface area (Å²) in [5, 5.41) is 7.98. The number of ether oxygens (including phenoxy) is 1. The lowest BCUT2D eigenvalue weighted by Crippen LogP contribution is -2.12. The van der Waals surface area contributed by atoms with Crippen molar-refractivity contribution in [2.24, 2.45) is 0 Å². The van der Waals surface area contributed by atoms with Gasteiger partial charge in [-0.1, -0.05) is 19.1 Å². The van der Waals surface area contributed by atoms with Crippen LogP contribution in [0.25, 0.3) is 0 Å². The Kier molecular flexibility index (Phi) is 3.99. The van der Waals surface area contributed by atoms with E-state index in [1.807, 2.05) is 19.9 Å². The minimum Gasteiger partial charge on any atom is -0.472 e. The van der Waals surface area contributed by atoms with Crippen molar-refractivity contribution in [3.63, 3.8) is 0 Å². The number of nitrogens with zero attached hydrogens (tertiary/aromatic N) is 3. The smallest absolute Gasteiger partial charge is 0.360 e. The van der Waals surface area contributed by atoms with Gasteiger partial charge in [-0.25, -0.2) is 9.48 Å². The average Bonchev–Trinajstić information content (AvgIpc) is 2.99. The van der Waals surface area contributed by atoms with Crippen LogP contribution >= 0.6 is 0 Å². The Morgan fingerprint density at radius 2 is 2.32 bits per heavy atom. The maximum absolute atomic E-state index is 11.8. The van der Waals surface area contributed by atoms with Gasteiger partial charge in [-0.2, -0.15) is 0 Å². The molecule has 0 spiro atoms. The van der Waals surface area contributed by atoms with Gasteiger partial charge in [0.2, 0.25) is 0 Å². The second-order valence-corrected chi connectivity index (χ2v) is 4.49. The van der Waals surface area contributed by atoms with E-state index in [1.165, 1.54) is 0 Å². The SMILES string of the molecule is CCOC(=O)c1nnn(Cc2ccoc2)c1C(C)C. The summed E-state index contributed by atoms with van der Waals surface area (Å²) >= 11 is 0. The van der Waals surface area contributed by atoms with Crippen LogP contribution < -0.4 is 0 Å². The number of rotatable bonds is 5. The molecule has 0 aliphatic rings. The first kappa shape index (κ1) is 13.3. The van der Waals surface area contributed by atoms with E-state index >= 15 is 0 Å². The van der Waals surface area contributed by atoms with E-state index in [9.17, 15) is 4.79 Å². The van der Waals surface area contributed by atoms with Crippen molar-refractivity contribution in [3.05, 3.63) is 35.5 Å². The van der Waals surface area contributed by atoms with Crippen LogP contribution in [0.5, 0.6) is 0 Å². The summed E-state index contributed by atoms with van der Waals surface area (Å²) in [5.41, 5.74) is 2.04. The second kappa shape index (κ2) is 5.69. The Labute approximate surface area is 111 Å². The molecule has 102 valence electrons. The van der Waals surface area contributed by atoms with Gasteiger partial charge in [0.25, 0.3) is 0 Å². The fraction of sp³-hybridized carbons (Fsp3) is 0.462. The predicted octanol–water partition coefficient (Wildman–Crippen LogP) is 2.22. The van der Waals surface area contributed by atoms with Crippen LogP contribution in [-0.2, 0) is 11.3 Å². The topological polar surface area (TPSA) is 70.2 Å². The molecule has 0 saturated carbocycles. The summed E-state index contributed by atoms with van der Waals surface area (Å²) in [5.74, 6) is -0.300. The Morgan fingerprint density at radius 3 is 2.89 bits per heavy atom. The van der Waals surface area contributed by atoms with Crippen LogP contribution in [0.3, 0.4) is 0 Å². The molecule has 6 heteroatoms. The van der Waals surface area contributed by atoms with Crippen molar-refractivity contribution in [3.8, 4) is 0 Å². The molecule has 0 aromatic carbocycles. The molecule has 0 unspecified atom stereocenters. The lowest BCUT2D eigenvalue weighted by Gasteiger charge is -2.09. The summed E-state index contributed by atoms with van der Waals surface area (Å²) in [6, 6.07) is 1.86. The number of furan rings is 1. The minimum absolute atomic E-state index is 0.126. The fourth-order valence-electron chi connectivity index (χ4n) is 1.91. The number of hydrogen-bond donors (Lipinski definition) is 0. The quantitative estimate of drug-likeness (QED) is 0.773. The van der Waals surface area contributed by atoms with Gasteiger partial charge in [-0.3, -0.25) is 0 Å². The Bertz CT molecular complexity index is 543. The van der Waals surface area contributed by atoms with Crippen molar-refractivity contribution in [1.29, 1.82) is 0 Å². The highest BCUT2D eigenvalue weighted by molar-refractivity contribution is 5.88. The van der Waals surface area contributed by atoms with Crippen molar-refractivity contribution in [2.75, 3.05) is 6.61 Å². The third-order valence-electron chi connectivity index (χ3n) is 2.70. The highest BCUT2D eigenvalue weighted by Crippen LogP contribution is 2.19. The minimum atomic E-state index is -0.426. The molecule has 0 aliphatic carbocycles. The maximum atomic E-state index is 11.8. The van der Waals surface area contributed by atoms with E-state index in [2.05, 4.69) is 10.3 Å². The van der Waals surface area contributed by atoms with Gasteiger partial charge in [-0.05, 0) is 18.9 Å². The first-order valence-corrected chi connectivity index (χ1v) is 6.25. The van der Waals surface area contributed by atoms with Crippen LogP contribution in [0.2, 0.25) is 0 Å². The normalized spacial score (nSPS) is 10.9. The van der Waals surface area contributed by atoms with Crippen LogP contribution in [0.1, 0.15) is 48.4 Å². The average molecular weight is 263 g/mol. The Balaban J connectivity index is 2.31. The molecule has 2 rings (SSSR count). The molecule has 2 aromatic heterocycles. The number of esters is 1. The number of aromatic nitrogens is 3. The van der Waals surface area contributed by atoms with Crippen molar-refractivity contribution in [1.82, 2.24) is 15.0 Å². The summed E-state index contributed by atoms with van der Waals surface area (Å²) in [7, 11) is 0. The zero-order chi connectivity index (χ0) is 13.8.